The maximum absolute atomic E-state index is 12.6. The van der Waals surface area contributed by atoms with Crippen LogP contribution in [0.3, 0.4) is 0 Å². The molecule has 0 aromatic heterocycles. The zero-order valence-electron chi connectivity index (χ0n) is 14.7. The van der Waals surface area contributed by atoms with Gasteiger partial charge in [-0.1, -0.05) is 19.3 Å². The number of nitrogens with zero attached hydrogens (tertiary/aromatic N) is 1. The van der Waals surface area contributed by atoms with Gasteiger partial charge < -0.3 is 15.0 Å². The van der Waals surface area contributed by atoms with Gasteiger partial charge in [-0.25, -0.2) is 4.79 Å². The van der Waals surface area contributed by atoms with Gasteiger partial charge in [-0.2, -0.15) is 0 Å². The molecule has 0 spiro atoms. The molecule has 0 unspecified atom stereocenters. The molecule has 0 atom stereocenters. The smallest absolute Gasteiger partial charge is 0.410 e. The fourth-order valence-corrected chi connectivity index (χ4v) is 3.61. The van der Waals surface area contributed by atoms with Crippen LogP contribution in [-0.4, -0.2) is 42.8 Å². The van der Waals surface area contributed by atoms with Crippen molar-refractivity contribution < 1.29 is 9.53 Å². The lowest BCUT2D eigenvalue weighted by Crippen LogP contribution is -2.44. The molecule has 1 saturated heterocycles. The van der Waals surface area contributed by atoms with Gasteiger partial charge in [-0.3, -0.25) is 0 Å². The average molecular weight is 310 g/mol. The Morgan fingerprint density at radius 3 is 2.09 bits per heavy atom. The van der Waals surface area contributed by atoms with Crippen molar-refractivity contribution >= 4 is 6.09 Å². The number of ether oxygens (including phenoxy) is 1. The normalized spacial score (nSPS) is 21.6. The summed E-state index contributed by atoms with van der Waals surface area (Å²) in [7, 11) is 0. The molecule has 22 heavy (non-hydrogen) atoms. The summed E-state index contributed by atoms with van der Waals surface area (Å²) >= 11 is 0. The van der Waals surface area contributed by atoms with E-state index in [1.54, 1.807) is 0 Å². The molecule has 128 valence electrons. The van der Waals surface area contributed by atoms with Crippen molar-refractivity contribution in [2.75, 3.05) is 26.2 Å². The second kappa shape index (κ2) is 8.19. The maximum Gasteiger partial charge on any atom is 0.410 e. The van der Waals surface area contributed by atoms with E-state index in [1.807, 2.05) is 25.7 Å². The minimum atomic E-state index is -0.407. The molecular formula is C18H34N2O2. The van der Waals surface area contributed by atoms with E-state index in [0.29, 0.717) is 11.8 Å². The Morgan fingerprint density at radius 1 is 1.00 bits per heavy atom. The predicted molar refractivity (Wildman–Crippen MR) is 90.0 cm³/mol. The van der Waals surface area contributed by atoms with Gasteiger partial charge in [-0.15, -0.1) is 0 Å². The van der Waals surface area contributed by atoms with E-state index in [1.165, 1.54) is 44.9 Å². The van der Waals surface area contributed by atoms with Gasteiger partial charge in [0, 0.05) is 13.1 Å². The minimum Gasteiger partial charge on any atom is -0.444 e. The predicted octanol–water partition coefficient (Wildman–Crippen LogP) is 3.80. The van der Waals surface area contributed by atoms with E-state index < -0.39 is 5.60 Å². The molecule has 1 saturated carbocycles. The Labute approximate surface area is 136 Å². The Balaban J connectivity index is 1.93. The van der Waals surface area contributed by atoms with Crippen molar-refractivity contribution in [3.63, 3.8) is 0 Å². The van der Waals surface area contributed by atoms with Crippen LogP contribution in [0.1, 0.15) is 65.7 Å². The van der Waals surface area contributed by atoms with Crippen molar-refractivity contribution in [2.24, 2.45) is 11.8 Å². The third-order valence-corrected chi connectivity index (χ3v) is 4.79. The van der Waals surface area contributed by atoms with Crippen LogP contribution in [0.5, 0.6) is 0 Å². The quantitative estimate of drug-likeness (QED) is 0.858. The molecule has 0 aromatic carbocycles. The monoisotopic (exact) mass is 310 g/mol. The third kappa shape index (κ3) is 6.15. The number of nitrogens with one attached hydrogen (secondary N) is 1. The number of amides is 1. The zero-order valence-corrected chi connectivity index (χ0v) is 14.7. The first-order chi connectivity index (χ1) is 10.4. The average Bonchev–Trinajstić information content (AvgIpc) is 2.47. The van der Waals surface area contributed by atoms with Gasteiger partial charge >= 0.3 is 6.09 Å². The molecule has 1 aliphatic heterocycles. The molecule has 1 heterocycles. The van der Waals surface area contributed by atoms with Gasteiger partial charge in [0.1, 0.15) is 5.60 Å². The van der Waals surface area contributed by atoms with Crippen molar-refractivity contribution in [1.29, 1.82) is 0 Å². The molecule has 0 aromatic rings. The van der Waals surface area contributed by atoms with Crippen LogP contribution in [0.15, 0.2) is 0 Å². The lowest BCUT2D eigenvalue weighted by molar-refractivity contribution is 0.0165. The van der Waals surface area contributed by atoms with Crippen LogP contribution < -0.4 is 5.32 Å². The molecule has 2 fully saturated rings. The number of carbonyl (C=O) groups is 1. The molecular weight excluding hydrogens is 276 g/mol. The second-order valence-electron chi connectivity index (χ2n) is 8.08. The van der Waals surface area contributed by atoms with Gasteiger partial charge in [0.25, 0.3) is 0 Å². The van der Waals surface area contributed by atoms with Crippen LogP contribution >= 0.6 is 0 Å². The maximum atomic E-state index is 12.6. The van der Waals surface area contributed by atoms with Gasteiger partial charge in [0.2, 0.25) is 0 Å². The van der Waals surface area contributed by atoms with E-state index in [9.17, 15) is 4.79 Å². The fraction of sp³-hybridized carbons (Fsp3) is 0.944. The van der Waals surface area contributed by atoms with Gasteiger partial charge in [0.15, 0.2) is 0 Å². The van der Waals surface area contributed by atoms with E-state index in [2.05, 4.69) is 5.32 Å². The summed E-state index contributed by atoms with van der Waals surface area (Å²) in [5, 5.41) is 3.40. The summed E-state index contributed by atoms with van der Waals surface area (Å²) in [6.07, 6.45) is 8.76. The Morgan fingerprint density at radius 2 is 1.55 bits per heavy atom. The number of hydrogen-bond donors (Lipinski definition) is 1. The zero-order chi connectivity index (χ0) is 16.0. The SMILES string of the molecule is CC(C)(C)OC(=O)N(CC1CCCCC1)CC1CCNCC1. The first-order valence-electron chi connectivity index (χ1n) is 9.13. The van der Waals surface area contributed by atoms with E-state index in [4.69, 9.17) is 4.74 Å². The molecule has 1 amide bonds. The fourth-order valence-electron chi connectivity index (χ4n) is 3.61. The van der Waals surface area contributed by atoms with Crippen molar-refractivity contribution in [2.45, 2.75) is 71.3 Å². The van der Waals surface area contributed by atoms with Crippen LogP contribution in [0.4, 0.5) is 4.79 Å². The molecule has 2 aliphatic rings. The number of rotatable bonds is 4. The second-order valence-corrected chi connectivity index (χ2v) is 8.08. The summed E-state index contributed by atoms with van der Waals surface area (Å²) in [5.74, 6) is 1.29. The Hall–Kier alpha value is -0.770. The van der Waals surface area contributed by atoms with E-state index >= 15 is 0 Å². The molecule has 1 aliphatic carbocycles. The largest absolute Gasteiger partial charge is 0.444 e. The highest BCUT2D eigenvalue weighted by Crippen LogP contribution is 2.26. The van der Waals surface area contributed by atoms with Crippen molar-refractivity contribution in [3.8, 4) is 0 Å². The molecule has 4 heteroatoms. The van der Waals surface area contributed by atoms with Gasteiger partial charge in [-0.05, 0) is 71.4 Å². The Kier molecular flexibility index (Phi) is 6.54. The van der Waals surface area contributed by atoms with Crippen LogP contribution in [-0.2, 0) is 4.74 Å². The summed E-state index contributed by atoms with van der Waals surface area (Å²) in [4.78, 5) is 14.6. The van der Waals surface area contributed by atoms with Crippen molar-refractivity contribution in [3.05, 3.63) is 0 Å². The standard InChI is InChI=1S/C18H34N2O2/c1-18(2,3)22-17(21)20(13-15-7-5-4-6-8-15)14-16-9-11-19-12-10-16/h15-16,19H,4-14H2,1-3H3. The molecule has 2 rings (SSSR count). The topological polar surface area (TPSA) is 41.6 Å². The van der Waals surface area contributed by atoms with Crippen LogP contribution in [0.2, 0.25) is 0 Å². The van der Waals surface area contributed by atoms with Crippen LogP contribution in [0.25, 0.3) is 0 Å². The summed E-state index contributed by atoms with van der Waals surface area (Å²) < 4.78 is 5.65. The molecule has 1 N–H and O–H groups in total. The summed E-state index contributed by atoms with van der Waals surface area (Å²) in [6.45, 7) is 9.77. The Bertz CT molecular complexity index is 319. The minimum absolute atomic E-state index is 0.114. The van der Waals surface area contributed by atoms with E-state index in [0.717, 1.165) is 26.2 Å². The molecule has 4 nitrogen and oxygen atoms in total. The van der Waals surface area contributed by atoms with Crippen LogP contribution in [0, 0.1) is 11.8 Å². The highest BCUT2D eigenvalue weighted by atomic mass is 16.6. The lowest BCUT2D eigenvalue weighted by atomic mass is 9.88. The summed E-state index contributed by atoms with van der Waals surface area (Å²) in [6, 6.07) is 0. The highest BCUT2D eigenvalue weighted by molar-refractivity contribution is 5.68. The lowest BCUT2D eigenvalue weighted by Gasteiger charge is -2.35. The summed E-state index contributed by atoms with van der Waals surface area (Å²) in [5.41, 5.74) is -0.407. The number of carbonyl (C=O) groups excluding carboxylic acids is 1. The number of hydrogen-bond acceptors (Lipinski definition) is 3. The van der Waals surface area contributed by atoms with Gasteiger partial charge in [0.05, 0.1) is 0 Å². The number of piperidine rings is 1. The first kappa shape index (κ1) is 17.6. The van der Waals surface area contributed by atoms with E-state index in [-0.39, 0.29) is 6.09 Å². The molecule has 0 bridgehead atoms. The highest BCUT2D eigenvalue weighted by Gasteiger charge is 2.28. The third-order valence-electron chi connectivity index (χ3n) is 4.79. The first-order valence-corrected chi connectivity index (χ1v) is 9.13. The van der Waals surface area contributed by atoms with Crippen molar-refractivity contribution in [1.82, 2.24) is 10.2 Å². The molecule has 0 radical (unpaired) electrons.